The van der Waals surface area contributed by atoms with Gasteiger partial charge in [-0.05, 0) is 30.5 Å². The number of carbonyl (C=O) groups excluding carboxylic acids is 1. The van der Waals surface area contributed by atoms with Gasteiger partial charge in [-0.1, -0.05) is 25.4 Å². The first kappa shape index (κ1) is 13.0. The Bertz CT molecular complexity index is 404. The van der Waals surface area contributed by atoms with Crippen LogP contribution in [0.3, 0.4) is 0 Å². The zero-order chi connectivity index (χ0) is 12.3. The molecule has 4 heteroatoms. The summed E-state index contributed by atoms with van der Waals surface area (Å²) in [4.78, 5) is 11.6. The number of rotatable bonds is 3. The van der Waals surface area contributed by atoms with Gasteiger partial charge in [-0.25, -0.2) is 4.39 Å². The first-order valence-electron chi connectivity index (χ1n) is 5.24. The molecular formula is C12H15ClFNO. The van der Waals surface area contributed by atoms with E-state index in [-0.39, 0.29) is 16.8 Å². The van der Waals surface area contributed by atoms with Crippen LogP contribution in [0.2, 0.25) is 5.02 Å². The van der Waals surface area contributed by atoms with Crippen molar-refractivity contribution in [2.75, 3.05) is 6.54 Å². The van der Waals surface area contributed by atoms with E-state index in [0.29, 0.717) is 17.7 Å². The Morgan fingerprint density at radius 1 is 1.50 bits per heavy atom. The van der Waals surface area contributed by atoms with E-state index in [0.717, 1.165) is 0 Å². The van der Waals surface area contributed by atoms with Crippen LogP contribution in [0.15, 0.2) is 12.1 Å². The van der Waals surface area contributed by atoms with Gasteiger partial charge >= 0.3 is 0 Å². The lowest BCUT2D eigenvalue weighted by molar-refractivity contribution is 0.0955. The van der Waals surface area contributed by atoms with Crippen LogP contribution < -0.4 is 5.32 Å². The van der Waals surface area contributed by atoms with E-state index in [1.807, 2.05) is 20.8 Å². The molecule has 0 unspecified atom stereocenters. The van der Waals surface area contributed by atoms with Gasteiger partial charge in [0.25, 0.3) is 5.91 Å². The molecule has 16 heavy (non-hydrogen) atoms. The molecule has 0 radical (unpaired) electrons. The molecule has 0 aliphatic rings. The monoisotopic (exact) mass is 243 g/mol. The maximum absolute atomic E-state index is 13.6. The third kappa shape index (κ3) is 2.73. The fraction of sp³-hybridized carbons (Fsp3) is 0.417. The van der Waals surface area contributed by atoms with Gasteiger partial charge in [-0.3, -0.25) is 4.79 Å². The molecule has 88 valence electrons. The van der Waals surface area contributed by atoms with E-state index < -0.39 is 5.82 Å². The normalized spacial score (nSPS) is 10.6. The van der Waals surface area contributed by atoms with Crippen molar-refractivity contribution >= 4 is 17.5 Å². The largest absolute Gasteiger partial charge is 0.352 e. The molecule has 1 aromatic rings. The molecule has 1 aromatic carbocycles. The molecule has 0 heterocycles. The van der Waals surface area contributed by atoms with Crippen LogP contribution in [0.4, 0.5) is 4.39 Å². The molecule has 0 aliphatic carbocycles. The minimum atomic E-state index is -0.440. The fourth-order valence-electron chi connectivity index (χ4n) is 1.42. The molecule has 0 bridgehead atoms. The van der Waals surface area contributed by atoms with Crippen LogP contribution in [-0.4, -0.2) is 12.5 Å². The molecule has 0 saturated heterocycles. The van der Waals surface area contributed by atoms with Crippen LogP contribution in [0.25, 0.3) is 0 Å². The van der Waals surface area contributed by atoms with Gasteiger partial charge < -0.3 is 5.32 Å². The van der Waals surface area contributed by atoms with E-state index in [2.05, 4.69) is 5.32 Å². The van der Waals surface area contributed by atoms with Crippen molar-refractivity contribution in [2.24, 2.45) is 0 Å². The summed E-state index contributed by atoms with van der Waals surface area (Å²) in [6.07, 6.45) is 0. The van der Waals surface area contributed by atoms with Crippen LogP contribution in [-0.2, 0) is 0 Å². The molecule has 0 atom stereocenters. The summed E-state index contributed by atoms with van der Waals surface area (Å²) >= 11 is 5.75. The van der Waals surface area contributed by atoms with Crippen molar-refractivity contribution in [1.29, 1.82) is 0 Å². The third-order valence-corrected chi connectivity index (χ3v) is 2.55. The van der Waals surface area contributed by atoms with Crippen LogP contribution >= 0.6 is 11.6 Å². The van der Waals surface area contributed by atoms with Crippen LogP contribution in [0.1, 0.15) is 42.6 Å². The molecule has 2 nitrogen and oxygen atoms in total. The van der Waals surface area contributed by atoms with E-state index in [9.17, 15) is 9.18 Å². The lowest BCUT2D eigenvalue weighted by Gasteiger charge is -2.11. The molecule has 0 saturated carbocycles. The summed E-state index contributed by atoms with van der Waals surface area (Å²) in [5.74, 6) is -0.678. The number of hydrogen-bond donors (Lipinski definition) is 1. The first-order valence-corrected chi connectivity index (χ1v) is 5.62. The summed E-state index contributed by atoms with van der Waals surface area (Å²) in [6, 6.07) is 2.91. The van der Waals surface area contributed by atoms with E-state index >= 15 is 0 Å². The van der Waals surface area contributed by atoms with Gasteiger partial charge in [0.2, 0.25) is 0 Å². The highest BCUT2D eigenvalue weighted by molar-refractivity contribution is 6.31. The molecule has 1 N–H and O–H groups in total. The van der Waals surface area contributed by atoms with Gasteiger partial charge in [0, 0.05) is 12.1 Å². The van der Waals surface area contributed by atoms with Gasteiger partial charge in [0.1, 0.15) is 5.82 Å². The second kappa shape index (κ2) is 5.30. The fourth-order valence-corrected chi connectivity index (χ4v) is 1.65. The molecule has 1 amide bonds. The first-order chi connectivity index (χ1) is 7.47. The number of carbonyl (C=O) groups is 1. The Balaban J connectivity index is 3.18. The average molecular weight is 244 g/mol. The number of amides is 1. The number of halogens is 2. The zero-order valence-corrected chi connectivity index (χ0v) is 10.4. The second-order valence-corrected chi connectivity index (χ2v) is 4.28. The topological polar surface area (TPSA) is 29.1 Å². The van der Waals surface area contributed by atoms with Crippen molar-refractivity contribution in [2.45, 2.75) is 26.7 Å². The summed E-state index contributed by atoms with van der Waals surface area (Å²) in [5, 5.41) is 2.65. The quantitative estimate of drug-likeness (QED) is 0.867. The highest BCUT2D eigenvalue weighted by Crippen LogP contribution is 2.26. The standard InChI is InChI=1S/C12H15ClFNO/c1-4-15-12(16)8-5-9(7(2)3)11(14)10(13)6-8/h5-7H,4H2,1-3H3,(H,15,16). The minimum absolute atomic E-state index is 0.00699. The molecule has 1 rings (SSSR count). The summed E-state index contributed by atoms with van der Waals surface area (Å²) in [7, 11) is 0. The van der Waals surface area contributed by atoms with E-state index in [4.69, 9.17) is 11.6 Å². The summed E-state index contributed by atoms with van der Waals surface area (Å²) < 4.78 is 13.6. The van der Waals surface area contributed by atoms with Crippen molar-refractivity contribution < 1.29 is 9.18 Å². The molecule has 0 aromatic heterocycles. The van der Waals surface area contributed by atoms with Gasteiger partial charge in [-0.2, -0.15) is 0 Å². The smallest absolute Gasteiger partial charge is 0.251 e. The van der Waals surface area contributed by atoms with Gasteiger partial charge in [-0.15, -0.1) is 0 Å². The van der Waals surface area contributed by atoms with Crippen LogP contribution in [0.5, 0.6) is 0 Å². The van der Waals surface area contributed by atoms with Crippen LogP contribution in [0, 0.1) is 5.82 Å². The lowest BCUT2D eigenvalue weighted by atomic mass is 10.00. The number of benzene rings is 1. The third-order valence-electron chi connectivity index (χ3n) is 2.28. The Morgan fingerprint density at radius 3 is 2.62 bits per heavy atom. The Kier molecular flexibility index (Phi) is 4.30. The second-order valence-electron chi connectivity index (χ2n) is 3.88. The Hall–Kier alpha value is -1.09. The van der Waals surface area contributed by atoms with E-state index in [1.54, 1.807) is 6.07 Å². The molecule has 0 aliphatic heterocycles. The molecular weight excluding hydrogens is 229 g/mol. The molecule has 0 fully saturated rings. The predicted octanol–water partition coefficient (Wildman–Crippen LogP) is 3.35. The summed E-state index contributed by atoms with van der Waals surface area (Å²) in [6.45, 7) is 6.07. The van der Waals surface area contributed by atoms with Crippen molar-refractivity contribution in [3.05, 3.63) is 34.1 Å². The highest BCUT2D eigenvalue weighted by Gasteiger charge is 2.15. The maximum Gasteiger partial charge on any atom is 0.251 e. The maximum atomic E-state index is 13.6. The zero-order valence-electron chi connectivity index (χ0n) is 9.60. The Morgan fingerprint density at radius 2 is 2.12 bits per heavy atom. The number of nitrogens with one attached hydrogen (secondary N) is 1. The van der Waals surface area contributed by atoms with Gasteiger partial charge in [0.15, 0.2) is 0 Å². The Labute approximate surface area is 99.8 Å². The van der Waals surface area contributed by atoms with Crippen molar-refractivity contribution in [3.8, 4) is 0 Å². The van der Waals surface area contributed by atoms with Gasteiger partial charge in [0.05, 0.1) is 5.02 Å². The summed E-state index contributed by atoms with van der Waals surface area (Å²) in [5.41, 5.74) is 0.866. The molecule has 0 spiro atoms. The van der Waals surface area contributed by atoms with Crippen molar-refractivity contribution in [3.63, 3.8) is 0 Å². The number of hydrogen-bond acceptors (Lipinski definition) is 1. The average Bonchev–Trinajstić information content (AvgIpc) is 2.21. The minimum Gasteiger partial charge on any atom is -0.352 e. The lowest BCUT2D eigenvalue weighted by Crippen LogP contribution is -2.23. The van der Waals surface area contributed by atoms with Crippen molar-refractivity contribution in [1.82, 2.24) is 5.32 Å². The predicted molar refractivity (Wildman–Crippen MR) is 63.5 cm³/mol. The highest BCUT2D eigenvalue weighted by atomic mass is 35.5. The SMILES string of the molecule is CCNC(=O)c1cc(Cl)c(F)c(C(C)C)c1. The van der Waals surface area contributed by atoms with E-state index in [1.165, 1.54) is 6.07 Å².